The second-order valence-corrected chi connectivity index (χ2v) is 7.08. The van der Waals surface area contributed by atoms with Crippen LogP contribution in [0.25, 0.3) is 0 Å². The summed E-state index contributed by atoms with van der Waals surface area (Å²) >= 11 is 0. The summed E-state index contributed by atoms with van der Waals surface area (Å²) in [6.07, 6.45) is 1.75. The number of nitrogens with zero attached hydrogens (tertiary/aromatic N) is 2. The number of nitrogens with one attached hydrogen (secondary N) is 1. The van der Waals surface area contributed by atoms with Crippen molar-refractivity contribution in [3.05, 3.63) is 65.5 Å². The Balaban J connectivity index is 1.84. The number of ether oxygens (including phenoxy) is 1. The van der Waals surface area contributed by atoms with E-state index in [4.69, 9.17) is 4.74 Å². The minimum Gasteiger partial charge on any atom is -0.372 e. The average molecular weight is 339 g/mol. The lowest BCUT2D eigenvalue weighted by Gasteiger charge is -2.38. The van der Waals surface area contributed by atoms with Crippen molar-refractivity contribution in [3.8, 4) is 0 Å². The summed E-state index contributed by atoms with van der Waals surface area (Å²) in [4.78, 5) is 19.1. The number of hydrogen-bond acceptors (Lipinski definition) is 3. The van der Waals surface area contributed by atoms with Gasteiger partial charge in [-0.2, -0.15) is 0 Å². The molecule has 1 aromatic heterocycles. The summed E-state index contributed by atoms with van der Waals surface area (Å²) in [5, 5.41) is 3.15. The van der Waals surface area contributed by atoms with E-state index in [0.29, 0.717) is 19.7 Å². The molecule has 0 saturated carbocycles. The number of rotatable bonds is 3. The van der Waals surface area contributed by atoms with Crippen LogP contribution >= 0.6 is 0 Å². The molecule has 132 valence electrons. The van der Waals surface area contributed by atoms with Crippen molar-refractivity contribution in [2.45, 2.75) is 32.4 Å². The van der Waals surface area contributed by atoms with Crippen LogP contribution in [0.3, 0.4) is 0 Å². The summed E-state index contributed by atoms with van der Waals surface area (Å²) in [6.45, 7) is 7.77. The van der Waals surface area contributed by atoms with Crippen LogP contribution in [0, 0.1) is 6.92 Å². The highest BCUT2D eigenvalue weighted by molar-refractivity contribution is 5.75. The van der Waals surface area contributed by atoms with Crippen LogP contribution in [0.1, 0.15) is 36.7 Å². The van der Waals surface area contributed by atoms with Crippen molar-refractivity contribution < 1.29 is 9.53 Å². The van der Waals surface area contributed by atoms with Crippen molar-refractivity contribution >= 4 is 6.03 Å². The molecule has 1 fully saturated rings. The highest BCUT2D eigenvalue weighted by Gasteiger charge is 2.31. The van der Waals surface area contributed by atoms with Crippen molar-refractivity contribution in [1.82, 2.24) is 15.2 Å². The molecule has 0 bridgehead atoms. The molecule has 1 unspecified atom stereocenters. The monoisotopic (exact) mass is 339 g/mol. The van der Waals surface area contributed by atoms with Crippen LogP contribution in [0.2, 0.25) is 0 Å². The van der Waals surface area contributed by atoms with E-state index in [1.165, 1.54) is 0 Å². The normalized spacial score (nSPS) is 17.8. The summed E-state index contributed by atoms with van der Waals surface area (Å²) in [5.74, 6) is 0. The van der Waals surface area contributed by atoms with E-state index < -0.39 is 0 Å². The molecular formula is C20H25N3O2. The maximum atomic E-state index is 12.9. The fourth-order valence-electron chi connectivity index (χ4n) is 3.13. The summed E-state index contributed by atoms with van der Waals surface area (Å²) in [6, 6.07) is 13.6. The number of aryl methyl sites for hydroxylation is 1. The molecule has 2 amide bonds. The lowest BCUT2D eigenvalue weighted by atomic mass is 10.0. The SMILES string of the molecule is Cc1cccc(C(NC(=O)N2CCOC(C)(C)C2)c2ccccn2)c1. The van der Waals surface area contributed by atoms with Crippen molar-refractivity contribution in [2.24, 2.45) is 0 Å². The molecule has 0 radical (unpaired) electrons. The third-order valence-electron chi connectivity index (χ3n) is 4.34. The van der Waals surface area contributed by atoms with E-state index >= 15 is 0 Å². The molecule has 1 aliphatic heterocycles. The number of pyridine rings is 1. The Hall–Kier alpha value is -2.40. The van der Waals surface area contributed by atoms with Crippen LogP contribution < -0.4 is 5.32 Å². The summed E-state index contributed by atoms with van der Waals surface area (Å²) in [7, 11) is 0. The summed E-state index contributed by atoms with van der Waals surface area (Å²) in [5.41, 5.74) is 2.69. The van der Waals surface area contributed by atoms with Gasteiger partial charge in [0.25, 0.3) is 0 Å². The second-order valence-electron chi connectivity index (χ2n) is 7.08. The van der Waals surface area contributed by atoms with Gasteiger partial charge in [-0.1, -0.05) is 35.9 Å². The first-order valence-corrected chi connectivity index (χ1v) is 8.61. The largest absolute Gasteiger partial charge is 0.372 e. The van der Waals surface area contributed by atoms with Crippen LogP contribution in [0.5, 0.6) is 0 Å². The van der Waals surface area contributed by atoms with Gasteiger partial charge in [0, 0.05) is 12.7 Å². The van der Waals surface area contributed by atoms with E-state index in [9.17, 15) is 4.79 Å². The zero-order chi connectivity index (χ0) is 17.9. The third-order valence-corrected chi connectivity index (χ3v) is 4.34. The number of morpholine rings is 1. The fraction of sp³-hybridized carbons (Fsp3) is 0.400. The van der Waals surface area contributed by atoms with E-state index in [1.807, 2.05) is 62.1 Å². The van der Waals surface area contributed by atoms with Crippen molar-refractivity contribution in [2.75, 3.05) is 19.7 Å². The molecule has 2 heterocycles. The Morgan fingerprint density at radius 1 is 1.28 bits per heavy atom. The average Bonchev–Trinajstić information content (AvgIpc) is 2.59. The third kappa shape index (κ3) is 4.37. The maximum absolute atomic E-state index is 12.9. The fourth-order valence-corrected chi connectivity index (χ4v) is 3.13. The van der Waals surface area contributed by atoms with Crippen LogP contribution in [-0.2, 0) is 4.74 Å². The quantitative estimate of drug-likeness (QED) is 0.933. The van der Waals surface area contributed by atoms with Gasteiger partial charge in [0.1, 0.15) is 0 Å². The van der Waals surface area contributed by atoms with Gasteiger partial charge in [0.15, 0.2) is 0 Å². The highest BCUT2D eigenvalue weighted by Crippen LogP contribution is 2.23. The maximum Gasteiger partial charge on any atom is 0.318 e. The van der Waals surface area contributed by atoms with Crippen LogP contribution in [0.4, 0.5) is 4.79 Å². The Bertz CT molecular complexity index is 731. The van der Waals surface area contributed by atoms with Gasteiger partial charge >= 0.3 is 6.03 Å². The Morgan fingerprint density at radius 3 is 2.80 bits per heavy atom. The van der Waals surface area contributed by atoms with Gasteiger partial charge in [0.05, 0.1) is 30.5 Å². The number of benzene rings is 1. The lowest BCUT2D eigenvalue weighted by Crippen LogP contribution is -2.54. The zero-order valence-corrected chi connectivity index (χ0v) is 15.0. The molecule has 1 aliphatic rings. The number of aromatic nitrogens is 1. The van der Waals surface area contributed by atoms with Crippen molar-refractivity contribution in [1.29, 1.82) is 0 Å². The minimum absolute atomic E-state index is 0.0893. The first-order chi connectivity index (χ1) is 11.9. The molecule has 5 heteroatoms. The van der Waals surface area contributed by atoms with E-state index in [0.717, 1.165) is 16.8 Å². The molecule has 0 spiro atoms. The molecule has 1 N–H and O–H groups in total. The standard InChI is InChI=1S/C20H25N3O2/c1-15-7-6-8-16(13-15)18(17-9-4-5-10-21-17)22-19(24)23-11-12-25-20(2,3)14-23/h4-10,13,18H,11-12,14H2,1-3H3,(H,22,24). The first kappa shape index (κ1) is 17.4. The van der Waals surface area contributed by atoms with Gasteiger partial charge in [-0.05, 0) is 38.5 Å². The van der Waals surface area contributed by atoms with E-state index in [1.54, 1.807) is 6.20 Å². The minimum atomic E-state index is -0.320. The summed E-state index contributed by atoms with van der Waals surface area (Å²) < 4.78 is 5.70. The molecule has 1 aromatic carbocycles. The predicted octanol–water partition coefficient (Wildman–Crippen LogP) is 3.30. The molecule has 1 atom stereocenters. The first-order valence-electron chi connectivity index (χ1n) is 8.61. The molecule has 2 aromatic rings. The number of urea groups is 1. The number of hydrogen-bond donors (Lipinski definition) is 1. The van der Waals surface area contributed by atoms with E-state index in [2.05, 4.69) is 16.4 Å². The Labute approximate surface area is 149 Å². The Kier molecular flexibility index (Phi) is 5.04. The van der Waals surface area contributed by atoms with Gasteiger partial charge in [-0.15, -0.1) is 0 Å². The molecule has 25 heavy (non-hydrogen) atoms. The molecular weight excluding hydrogens is 314 g/mol. The predicted molar refractivity (Wildman–Crippen MR) is 97.4 cm³/mol. The zero-order valence-electron chi connectivity index (χ0n) is 15.0. The number of amides is 2. The van der Waals surface area contributed by atoms with E-state index in [-0.39, 0.29) is 17.7 Å². The highest BCUT2D eigenvalue weighted by atomic mass is 16.5. The van der Waals surface area contributed by atoms with Gasteiger partial charge in [-0.25, -0.2) is 4.79 Å². The molecule has 0 aliphatic carbocycles. The second kappa shape index (κ2) is 7.23. The molecule has 3 rings (SSSR count). The Morgan fingerprint density at radius 2 is 2.12 bits per heavy atom. The van der Waals surface area contributed by atoms with Crippen LogP contribution in [-0.4, -0.2) is 41.2 Å². The van der Waals surface area contributed by atoms with Crippen molar-refractivity contribution in [3.63, 3.8) is 0 Å². The molecule has 1 saturated heterocycles. The lowest BCUT2D eigenvalue weighted by molar-refractivity contribution is -0.0734. The van der Waals surface area contributed by atoms with Gasteiger partial charge < -0.3 is 15.0 Å². The molecule has 5 nitrogen and oxygen atoms in total. The van der Waals surface area contributed by atoms with Gasteiger partial charge in [-0.3, -0.25) is 4.98 Å². The number of carbonyl (C=O) groups excluding carboxylic acids is 1. The topological polar surface area (TPSA) is 54.5 Å². The number of carbonyl (C=O) groups is 1. The smallest absolute Gasteiger partial charge is 0.318 e. The van der Waals surface area contributed by atoms with Crippen LogP contribution in [0.15, 0.2) is 48.7 Å². The van der Waals surface area contributed by atoms with Gasteiger partial charge in [0.2, 0.25) is 0 Å².